The van der Waals surface area contributed by atoms with Crippen LogP contribution in [0.25, 0.3) is 0 Å². The van der Waals surface area contributed by atoms with Crippen molar-refractivity contribution < 1.29 is 9.84 Å². The highest BCUT2D eigenvalue weighted by molar-refractivity contribution is 7.78. The Morgan fingerprint density at radius 1 is 1.50 bits per heavy atom. The second kappa shape index (κ2) is 8.81. The van der Waals surface area contributed by atoms with E-state index in [9.17, 15) is 0 Å². The molecule has 0 bridgehead atoms. The SMILES string of the molecule is CC(O)OCCCCCN=C=S. The number of hydrogen-bond donors (Lipinski definition) is 1. The van der Waals surface area contributed by atoms with Crippen molar-refractivity contribution in [3.05, 3.63) is 0 Å². The molecule has 0 fully saturated rings. The third-order valence-electron chi connectivity index (χ3n) is 1.34. The summed E-state index contributed by atoms with van der Waals surface area (Å²) in [6, 6.07) is 0. The summed E-state index contributed by atoms with van der Waals surface area (Å²) in [7, 11) is 0. The van der Waals surface area contributed by atoms with E-state index in [1.54, 1.807) is 6.92 Å². The first-order valence-electron chi connectivity index (χ1n) is 4.10. The molecule has 1 atom stereocenters. The minimum atomic E-state index is -0.649. The van der Waals surface area contributed by atoms with Gasteiger partial charge in [-0.1, -0.05) is 0 Å². The van der Waals surface area contributed by atoms with Crippen LogP contribution in [0.15, 0.2) is 4.99 Å². The van der Waals surface area contributed by atoms with Gasteiger partial charge in [-0.25, -0.2) is 4.99 Å². The Morgan fingerprint density at radius 3 is 2.83 bits per heavy atom. The standard InChI is InChI=1S/C8H15NO2S/c1-8(10)11-6-4-2-3-5-9-7-12/h8,10H,2-6H2,1H3. The summed E-state index contributed by atoms with van der Waals surface area (Å²) in [5.41, 5.74) is 0. The highest BCUT2D eigenvalue weighted by atomic mass is 32.1. The average Bonchev–Trinajstić information content (AvgIpc) is 2.02. The Morgan fingerprint density at radius 2 is 2.25 bits per heavy atom. The van der Waals surface area contributed by atoms with E-state index in [0.29, 0.717) is 6.61 Å². The Labute approximate surface area is 78.5 Å². The molecule has 0 aliphatic rings. The van der Waals surface area contributed by atoms with Crippen LogP contribution in [0.3, 0.4) is 0 Å². The molecule has 0 saturated heterocycles. The quantitative estimate of drug-likeness (QED) is 0.286. The Balaban J connectivity index is 2.95. The van der Waals surface area contributed by atoms with Crippen molar-refractivity contribution in [2.75, 3.05) is 13.2 Å². The van der Waals surface area contributed by atoms with Crippen molar-refractivity contribution in [3.63, 3.8) is 0 Å². The zero-order valence-corrected chi connectivity index (χ0v) is 8.14. The number of isothiocyanates is 1. The van der Waals surface area contributed by atoms with E-state index < -0.39 is 6.29 Å². The molecule has 0 radical (unpaired) electrons. The third kappa shape index (κ3) is 9.72. The lowest BCUT2D eigenvalue weighted by atomic mass is 10.2. The number of ether oxygens (including phenoxy) is 1. The molecule has 0 aromatic rings. The first kappa shape index (κ1) is 11.7. The van der Waals surface area contributed by atoms with Crippen molar-refractivity contribution in [3.8, 4) is 0 Å². The molecule has 12 heavy (non-hydrogen) atoms. The summed E-state index contributed by atoms with van der Waals surface area (Å²) >= 11 is 4.41. The van der Waals surface area contributed by atoms with E-state index >= 15 is 0 Å². The predicted octanol–water partition coefficient (Wildman–Crippen LogP) is 1.61. The van der Waals surface area contributed by atoms with Gasteiger partial charge in [-0.05, 0) is 38.4 Å². The van der Waals surface area contributed by atoms with Gasteiger partial charge >= 0.3 is 0 Å². The van der Waals surface area contributed by atoms with Gasteiger partial charge in [-0.3, -0.25) is 0 Å². The molecule has 70 valence electrons. The maximum atomic E-state index is 8.73. The zero-order valence-electron chi connectivity index (χ0n) is 7.32. The van der Waals surface area contributed by atoms with Crippen molar-refractivity contribution in [1.82, 2.24) is 0 Å². The van der Waals surface area contributed by atoms with Gasteiger partial charge in [0.05, 0.1) is 5.16 Å². The fraction of sp³-hybridized carbons (Fsp3) is 0.875. The topological polar surface area (TPSA) is 41.8 Å². The van der Waals surface area contributed by atoms with Gasteiger partial charge < -0.3 is 9.84 Å². The van der Waals surface area contributed by atoms with Gasteiger partial charge in [-0.2, -0.15) is 0 Å². The lowest BCUT2D eigenvalue weighted by Crippen LogP contribution is -2.07. The first-order valence-corrected chi connectivity index (χ1v) is 4.51. The zero-order chi connectivity index (χ0) is 9.23. The minimum Gasteiger partial charge on any atom is -0.368 e. The molecule has 0 spiro atoms. The highest BCUT2D eigenvalue weighted by Gasteiger charge is 1.93. The molecular weight excluding hydrogens is 174 g/mol. The Bertz CT molecular complexity index is 144. The lowest BCUT2D eigenvalue weighted by Gasteiger charge is -2.04. The molecule has 1 N–H and O–H groups in total. The third-order valence-corrected chi connectivity index (χ3v) is 1.47. The molecule has 0 aromatic heterocycles. The molecule has 4 heteroatoms. The lowest BCUT2D eigenvalue weighted by molar-refractivity contribution is -0.0858. The average molecular weight is 189 g/mol. The molecule has 0 saturated carbocycles. The van der Waals surface area contributed by atoms with Crippen LogP contribution in [0.5, 0.6) is 0 Å². The number of hydrogen-bond acceptors (Lipinski definition) is 4. The minimum absolute atomic E-state index is 0.610. The Kier molecular flexibility index (Phi) is 8.61. The number of aliphatic imine (C=N–C) groups is 1. The molecule has 0 aromatic carbocycles. The Hall–Kier alpha value is -0.280. The largest absolute Gasteiger partial charge is 0.368 e. The monoisotopic (exact) mass is 189 g/mol. The van der Waals surface area contributed by atoms with Crippen LogP contribution in [0.1, 0.15) is 26.2 Å². The number of nitrogens with zero attached hydrogens (tertiary/aromatic N) is 1. The summed E-state index contributed by atoms with van der Waals surface area (Å²) in [6.45, 7) is 2.97. The second-order valence-electron chi connectivity index (χ2n) is 2.50. The number of unbranched alkanes of at least 4 members (excludes halogenated alkanes) is 2. The van der Waals surface area contributed by atoms with Crippen molar-refractivity contribution in [1.29, 1.82) is 0 Å². The number of aliphatic hydroxyl groups is 1. The summed E-state index contributed by atoms with van der Waals surface area (Å²) in [5.74, 6) is 0. The van der Waals surface area contributed by atoms with Gasteiger partial charge in [0.1, 0.15) is 0 Å². The molecular formula is C8H15NO2S. The number of rotatable bonds is 7. The predicted molar refractivity (Wildman–Crippen MR) is 51.4 cm³/mol. The van der Waals surface area contributed by atoms with Crippen LogP contribution < -0.4 is 0 Å². The molecule has 0 aliphatic carbocycles. The van der Waals surface area contributed by atoms with E-state index in [0.717, 1.165) is 25.8 Å². The number of thiocarbonyl (C=S) groups is 1. The smallest absolute Gasteiger partial charge is 0.151 e. The highest BCUT2D eigenvalue weighted by Crippen LogP contribution is 1.97. The van der Waals surface area contributed by atoms with Crippen molar-refractivity contribution in [2.45, 2.75) is 32.5 Å². The summed E-state index contributed by atoms with van der Waals surface area (Å²) in [4.78, 5) is 3.78. The van der Waals surface area contributed by atoms with Gasteiger partial charge in [0.25, 0.3) is 0 Å². The molecule has 3 nitrogen and oxygen atoms in total. The first-order chi connectivity index (χ1) is 5.77. The van der Waals surface area contributed by atoms with Gasteiger partial charge in [-0.15, -0.1) is 0 Å². The van der Waals surface area contributed by atoms with E-state index in [4.69, 9.17) is 9.84 Å². The number of aliphatic hydroxyl groups excluding tert-OH is 1. The van der Waals surface area contributed by atoms with Crippen LogP contribution in [-0.4, -0.2) is 29.7 Å². The fourth-order valence-electron chi connectivity index (χ4n) is 0.769. The molecule has 0 amide bonds. The van der Waals surface area contributed by atoms with Gasteiger partial charge in [0.2, 0.25) is 0 Å². The molecule has 0 rings (SSSR count). The summed E-state index contributed by atoms with van der Waals surface area (Å²) in [5, 5.41) is 11.0. The molecule has 1 unspecified atom stereocenters. The van der Waals surface area contributed by atoms with Crippen molar-refractivity contribution >= 4 is 17.4 Å². The van der Waals surface area contributed by atoms with E-state index in [1.165, 1.54) is 0 Å². The maximum absolute atomic E-state index is 8.73. The fourth-order valence-corrected chi connectivity index (χ4v) is 0.861. The van der Waals surface area contributed by atoms with E-state index in [-0.39, 0.29) is 0 Å². The summed E-state index contributed by atoms with van der Waals surface area (Å²) in [6.07, 6.45) is 2.36. The van der Waals surface area contributed by atoms with Crippen LogP contribution in [0.2, 0.25) is 0 Å². The normalized spacial score (nSPS) is 12.2. The summed E-state index contributed by atoms with van der Waals surface area (Å²) < 4.78 is 4.94. The second-order valence-corrected chi connectivity index (χ2v) is 2.69. The van der Waals surface area contributed by atoms with Crippen LogP contribution in [0, 0.1) is 0 Å². The maximum Gasteiger partial charge on any atom is 0.151 e. The van der Waals surface area contributed by atoms with E-state index in [1.807, 2.05) is 0 Å². The van der Waals surface area contributed by atoms with Crippen LogP contribution in [-0.2, 0) is 4.74 Å². The van der Waals surface area contributed by atoms with Gasteiger partial charge in [0, 0.05) is 13.2 Å². The molecule has 0 aliphatic heterocycles. The van der Waals surface area contributed by atoms with Gasteiger partial charge in [0.15, 0.2) is 6.29 Å². The van der Waals surface area contributed by atoms with E-state index in [2.05, 4.69) is 22.4 Å². The van der Waals surface area contributed by atoms with Crippen molar-refractivity contribution in [2.24, 2.45) is 4.99 Å². The molecule has 0 heterocycles. The van der Waals surface area contributed by atoms with Crippen LogP contribution >= 0.6 is 12.2 Å². The van der Waals surface area contributed by atoms with Crippen LogP contribution in [0.4, 0.5) is 0 Å².